The average molecular weight is 286 g/mol. The monoisotopic (exact) mass is 286 g/mol. The van der Waals surface area contributed by atoms with Gasteiger partial charge in [0.15, 0.2) is 0 Å². The maximum Gasteiger partial charge on any atom is 0.136 e. The highest BCUT2D eigenvalue weighted by Gasteiger charge is 2.32. The zero-order chi connectivity index (χ0) is 14.1. The first-order chi connectivity index (χ1) is 10.4. The molecule has 0 radical (unpaired) electrons. The highest BCUT2D eigenvalue weighted by Crippen LogP contribution is 2.28. The van der Waals surface area contributed by atoms with Gasteiger partial charge in [-0.2, -0.15) is 0 Å². The van der Waals surface area contributed by atoms with Crippen LogP contribution in [0.1, 0.15) is 18.5 Å². The van der Waals surface area contributed by atoms with Gasteiger partial charge in [0.1, 0.15) is 5.65 Å². The topological polar surface area (TPSA) is 41.8 Å². The summed E-state index contributed by atoms with van der Waals surface area (Å²) in [5.41, 5.74) is 2.20. The van der Waals surface area contributed by atoms with Crippen LogP contribution in [0.5, 0.6) is 0 Å². The van der Waals surface area contributed by atoms with E-state index in [1.54, 1.807) is 0 Å². The maximum atomic E-state index is 5.87. The minimum atomic E-state index is 0.318. The molecule has 2 aromatic rings. The lowest BCUT2D eigenvalue weighted by Crippen LogP contribution is -2.47. The Morgan fingerprint density at radius 2 is 2.29 bits per heavy atom. The van der Waals surface area contributed by atoms with Gasteiger partial charge >= 0.3 is 0 Å². The molecule has 3 heterocycles. The van der Waals surface area contributed by atoms with Crippen molar-refractivity contribution < 1.29 is 4.74 Å². The number of imidazole rings is 1. The number of nitrogens with zero attached hydrogens (tertiary/aromatic N) is 3. The Balaban J connectivity index is 1.30. The standard InChI is InChI=1S/C16H22N4O/c1-2-6-20-14(10-18-16(20)3-1)9-17-11-15-12-19(7-8-21-15)13-4-5-13/h1-3,6,10,13,15,17H,4-5,7-9,11-12H2/t15-/m0/s1. The molecule has 2 aromatic heterocycles. The molecule has 4 rings (SSSR count). The van der Waals surface area contributed by atoms with Gasteiger partial charge in [0, 0.05) is 38.4 Å². The lowest BCUT2D eigenvalue weighted by molar-refractivity contribution is -0.0301. The Morgan fingerprint density at radius 1 is 1.33 bits per heavy atom. The van der Waals surface area contributed by atoms with Crippen molar-refractivity contribution in [2.45, 2.75) is 31.5 Å². The fourth-order valence-corrected chi connectivity index (χ4v) is 3.11. The summed E-state index contributed by atoms with van der Waals surface area (Å²) in [6.07, 6.45) is 7.08. The smallest absolute Gasteiger partial charge is 0.136 e. The van der Waals surface area contributed by atoms with Crippen LogP contribution < -0.4 is 5.32 Å². The van der Waals surface area contributed by atoms with Crippen molar-refractivity contribution in [1.82, 2.24) is 19.6 Å². The molecule has 0 bridgehead atoms. The number of pyridine rings is 1. The van der Waals surface area contributed by atoms with E-state index in [1.807, 2.05) is 24.4 Å². The average Bonchev–Trinajstić information content (AvgIpc) is 3.30. The third kappa shape index (κ3) is 2.95. The molecule has 112 valence electrons. The molecular weight excluding hydrogens is 264 g/mol. The second-order valence-electron chi connectivity index (χ2n) is 6.03. The fourth-order valence-electron chi connectivity index (χ4n) is 3.11. The lowest BCUT2D eigenvalue weighted by atomic mass is 10.2. The maximum absolute atomic E-state index is 5.87. The van der Waals surface area contributed by atoms with Crippen LogP contribution in [0.4, 0.5) is 0 Å². The molecule has 21 heavy (non-hydrogen) atoms. The second kappa shape index (κ2) is 5.75. The van der Waals surface area contributed by atoms with Crippen LogP contribution in [0.3, 0.4) is 0 Å². The van der Waals surface area contributed by atoms with Crippen molar-refractivity contribution in [3.05, 3.63) is 36.3 Å². The lowest BCUT2D eigenvalue weighted by Gasteiger charge is -2.33. The number of aromatic nitrogens is 2. The van der Waals surface area contributed by atoms with E-state index in [1.165, 1.54) is 18.5 Å². The number of hydrogen-bond donors (Lipinski definition) is 1. The zero-order valence-electron chi connectivity index (χ0n) is 12.2. The summed E-state index contributed by atoms with van der Waals surface area (Å²) >= 11 is 0. The van der Waals surface area contributed by atoms with Gasteiger partial charge in [0.2, 0.25) is 0 Å². The molecule has 1 saturated heterocycles. The fraction of sp³-hybridized carbons (Fsp3) is 0.562. The molecule has 0 unspecified atom stereocenters. The molecule has 1 N–H and O–H groups in total. The van der Waals surface area contributed by atoms with Crippen LogP contribution in [0, 0.1) is 0 Å². The van der Waals surface area contributed by atoms with Gasteiger partial charge in [-0.15, -0.1) is 0 Å². The van der Waals surface area contributed by atoms with Crippen molar-refractivity contribution in [3.8, 4) is 0 Å². The summed E-state index contributed by atoms with van der Waals surface area (Å²) in [5, 5.41) is 3.52. The third-order valence-electron chi connectivity index (χ3n) is 4.41. The Labute approximate surface area is 124 Å². The van der Waals surface area contributed by atoms with Crippen molar-refractivity contribution in [2.75, 3.05) is 26.2 Å². The van der Waals surface area contributed by atoms with Crippen molar-refractivity contribution >= 4 is 5.65 Å². The van der Waals surface area contributed by atoms with Gasteiger partial charge in [-0.1, -0.05) is 6.07 Å². The van der Waals surface area contributed by atoms with Gasteiger partial charge in [0.25, 0.3) is 0 Å². The quantitative estimate of drug-likeness (QED) is 0.899. The number of fused-ring (bicyclic) bond motifs is 1. The summed E-state index contributed by atoms with van der Waals surface area (Å²) < 4.78 is 8.00. The Kier molecular flexibility index (Phi) is 3.63. The van der Waals surface area contributed by atoms with E-state index >= 15 is 0 Å². The summed E-state index contributed by atoms with van der Waals surface area (Å²) in [5.74, 6) is 0. The van der Waals surface area contributed by atoms with Crippen LogP contribution in [0.25, 0.3) is 5.65 Å². The zero-order valence-corrected chi connectivity index (χ0v) is 12.2. The van der Waals surface area contributed by atoms with Gasteiger partial charge < -0.3 is 14.5 Å². The first-order valence-corrected chi connectivity index (χ1v) is 7.87. The van der Waals surface area contributed by atoms with Crippen molar-refractivity contribution in [1.29, 1.82) is 0 Å². The molecule has 1 aliphatic carbocycles. The molecule has 2 aliphatic rings. The second-order valence-corrected chi connectivity index (χ2v) is 6.03. The number of morpholine rings is 1. The van der Waals surface area contributed by atoms with Gasteiger partial charge in [-0.25, -0.2) is 4.98 Å². The molecule has 5 heteroatoms. The van der Waals surface area contributed by atoms with E-state index in [0.717, 1.165) is 44.5 Å². The van der Waals surface area contributed by atoms with Crippen LogP contribution in [-0.4, -0.2) is 52.7 Å². The molecule has 1 saturated carbocycles. The highest BCUT2D eigenvalue weighted by molar-refractivity contribution is 5.39. The molecule has 1 aliphatic heterocycles. The van der Waals surface area contributed by atoms with Crippen LogP contribution in [-0.2, 0) is 11.3 Å². The SMILES string of the molecule is c1ccn2c(CNC[C@H]3CN(C4CC4)CCO3)cnc2c1. The van der Waals surface area contributed by atoms with Gasteiger partial charge in [-0.05, 0) is 25.0 Å². The molecule has 2 fully saturated rings. The first kappa shape index (κ1) is 13.2. The molecule has 1 atom stereocenters. The van der Waals surface area contributed by atoms with E-state index in [9.17, 15) is 0 Å². The first-order valence-electron chi connectivity index (χ1n) is 7.87. The van der Waals surface area contributed by atoms with E-state index < -0.39 is 0 Å². The van der Waals surface area contributed by atoms with E-state index in [2.05, 4.69) is 25.8 Å². The predicted octanol–water partition coefficient (Wildman–Crippen LogP) is 1.29. The molecular formula is C16H22N4O. The normalized spacial score (nSPS) is 23.7. The largest absolute Gasteiger partial charge is 0.374 e. The Morgan fingerprint density at radius 3 is 3.19 bits per heavy atom. The van der Waals surface area contributed by atoms with Crippen LogP contribution in [0.2, 0.25) is 0 Å². The minimum absolute atomic E-state index is 0.318. The number of hydrogen-bond acceptors (Lipinski definition) is 4. The van der Waals surface area contributed by atoms with E-state index in [0.29, 0.717) is 6.10 Å². The van der Waals surface area contributed by atoms with E-state index in [4.69, 9.17) is 4.74 Å². The summed E-state index contributed by atoms with van der Waals surface area (Å²) in [7, 11) is 0. The molecule has 0 aromatic carbocycles. The third-order valence-corrected chi connectivity index (χ3v) is 4.41. The number of ether oxygens (including phenoxy) is 1. The number of rotatable bonds is 5. The van der Waals surface area contributed by atoms with Gasteiger partial charge in [-0.3, -0.25) is 4.90 Å². The minimum Gasteiger partial charge on any atom is -0.374 e. The van der Waals surface area contributed by atoms with Crippen LogP contribution >= 0.6 is 0 Å². The summed E-state index contributed by atoms with van der Waals surface area (Å²) in [6, 6.07) is 6.93. The van der Waals surface area contributed by atoms with Gasteiger partial charge in [0.05, 0.1) is 24.6 Å². The molecule has 5 nitrogen and oxygen atoms in total. The highest BCUT2D eigenvalue weighted by atomic mass is 16.5. The Bertz CT molecular complexity index is 607. The van der Waals surface area contributed by atoms with E-state index in [-0.39, 0.29) is 0 Å². The van der Waals surface area contributed by atoms with Crippen LogP contribution in [0.15, 0.2) is 30.6 Å². The molecule has 0 amide bonds. The number of nitrogens with one attached hydrogen (secondary N) is 1. The predicted molar refractivity (Wildman–Crippen MR) is 81.2 cm³/mol. The van der Waals surface area contributed by atoms with Crippen molar-refractivity contribution in [2.24, 2.45) is 0 Å². The van der Waals surface area contributed by atoms with Crippen molar-refractivity contribution in [3.63, 3.8) is 0 Å². The summed E-state index contributed by atoms with van der Waals surface area (Å²) in [6.45, 7) is 4.79. The summed E-state index contributed by atoms with van der Waals surface area (Å²) in [4.78, 5) is 7.00. The Hall–Kier alpha value is -1.43. The molecule has 0 spiro atoms.